The van der Waals surface area contributed by atoms with E-state index in [0.29, 0.717) is 11.3 Å². The van der Waals surface area contributed by atoms with Crippen LogP contribution in [0.4, 0.5) is 11.4 Å². The van der Waals surface area contributed by atoms with Gasteiger partial charge in [-0.3, -0.25) is 9.59 Å². The number of aliphatic hydroxyl groups excluding tert-OH is 1. The van der Waals surface area contributed by atoms with E-state index in [0.717, 1.165) is 5.69 Å². The summed E-state index contributed by atoms with van der Waals surface area (Å²) in [6.07, 6.45) is -1.10. The number of nitrogens with zero attached hydrogens (tertiary/aromatic N) is 2. The topological polar surface area (TPSA) is 86.9 Å². The van der Waals surface area contributed by atoms with E-state index >= 15 is 0 Å². The fourth-order valence-corrected chi connectivity index (χ4v) is 2.41. The zero-order chi connectivity index (χ0) is 15.0. The Morgan fingerprint density at radius 3 is 2.70 bits per heavy atom. The van der Waals surface area contributed by atoms with Crippen LogP contribution in [0.5, 0.6) is 0 Å². The van der Waals surface area contributed by atoms with Gasteiger partial charge in [-0.2, -0.15) is 0 Å². The lowest BCUT2D eigenvalue weighted by Gasteiger charge is -2.28. The first-order chi connectivity index (χ1) is 9.32. The van der Waals surface area contributed by atoms with Gasteiger partial charge in [-0.25, -0.2) is 0 Å². The van der Waals surface area contributed by atoms with Crippen LogP contribution in [0.15, 0.2) is 18.2 Å². The van der Waals surface area contributed by atoms with Gasteiger partial charge in [-0.1, -0.05) is 6.07 Å². The molecule has 0 spiro atoms. The van der Waals surface area contributed by atoms with Gasteiger partial charge in [0, 0.05) is 24.3 Å². The van der Waals surface area contributed by atoms with Crippen molar-refractivity contribution in [3.8, 4) is 0 Å². The van der Waals surface area contributed by atoms with E-state index in [4.69, 9.17) is 5.73 Å². The van der Waals surface area contributed by atoms with E-state index < -0.39 is 12.0 Å². The van der Waals surface area contributed by atoms with Crippen molar-refractivity contribution < 1.29 is 14.7 Å². The number of aliphatic hydroxyl groups is 1. The molecule has 3 N–H and O–H groups in total. The number of likely N-dealkylation sites (N-methyl/N-ethyl adjacent to an activating group) is 1. The molecular weight excluding hydrogens is 258 g/mol. The van der Waals surface area contributed by atoms with Crippen molar-refractivity contribution in [2.24, 2.45) is 5.73 Å². The van der Waals surface area contributed by atoms with Crippen molar-refractivity contribution in [3.05, 3.63) is 23.8 Å². The van der Waals surface area contributed by atoms with Gasteiger partial charge < -0.3 is 20.6 Å². The molecule has 1 unspecified atom stereocenters. The van der Waals surface area contributed by atoms with Crippen LogP contribution in [-0.2, 0) is 9.59 Å². The molecule has 0 saturated heterocycles. The maximum Gasteiger partial charge on any atom is 0.260 e. The Bertz CT molecular complexity index is 557. The maximum atomic E-state index is 11.7. The second-order valence-corrected chi connectivity index (χ2v) is 5.23. The summed E-state index contributed by atoms with van der Waals surface area (Å²) >= 11 is 0. The number of carbonyl (C=O) groups excluding carboxylic acids is 2. The highest BCUT2D eigenvalue weighted by molar-refractivity contribution is 6.04. The lowest BCUT2D eigenvalue weighted by molar-refractivity contribution is -0.125. The monoisotopic (exact) mass is 277 g/mol. The van der Waals surface area contributed by atoms with Crippen molar-refractivity contribution in [1.29, 1.82) is 0 Å². The molecule has 2 rings (SSSR count). The number of fused-ring (bicyclic) bond motifs is 1. The largest absolute Gasteiger partial charge is 0.378 e. The average Bonchev–Trinajstić information content (AvgIpc) is 2.60. The second kappa shape index (κ2) is 5.13. The summed E-state index contributed by atoms with van der Waals surface area (Å²) in [4.78, 5) is 26.2. The molecule has 0 bridgehead atoms. The third-order valence-corrected chi connectivity index (χ3v) is 3.52. The van der Waals surface area contributed by atoms with Crippen LogP contribution < -0.4 is 15.5 Å². The second-order valence-electron chi connectivity index (χ2n) is 5.23. The van der Waals surface area contributed by atoms with Gasteiger partial charge in [-0.05, 0) is 26.0 Å². The molecule has 108 valence electrons. The Morgan fingerprint density at radius 2 is 2.15 bits per heavy atom. The molecule has 0 radical (unpaired) electrons. The lowest BCUT2D eigenvalue weighted by atomic mass is 10.1. The highest BCUT2D eigenvalue weighted by Crippen LogP contribution is 2.37. The van der Waals surface area contributed by atoms with E-state index in [2.05, 4.69) is 0 Å². The molecule has 0 saturated carbocycles. The highest BCUT2D eigenvalue weighted by atomic mass is 16.3. The molecule has 1 aromatic rings. The predicted octanol–water partition coefficient (Wildman–Crippen LogP) is 0.397. The zero-order valence-corrected chi connectivity index (χ0v) is 11.8. The van der Waals surface area contributed by atoms with Crippen LogP contribution in [0, 0.1) is 0 Å². The standard InChI is InChI=1S/C14H19N3O3/c1-8(2)17(7-12(15)18)9-4-5-10-11(6-9)16(3)14(20)13(10)19/h4-6,8,13,19H,7H2,1-3H3,(H2,15,18). The van der Waals surface area contributed by atoms with Crippen LogP contribution in [0.2, 0.25) is 0 Å². The van der Waals surface area contributed by atoms with Gasteiger partial charge in [0.05, 0.1) is 12.2 Å². The maximum absolute atomic E-state index is 11.7. The van der Waals surface area contributed by atoms with E-state index in [-0.39, 0.29) is 18.5 Å². The number of rotatable bonds is 4. The fraction of sp³-hybridized carbons (Fsp3) is 0.429. The molecule has 1 atom stereocenters. The summed E-state index contributed by atoms with van der Waals surface area (Å²) in [5, 5.41) is 9.83. The minimum atomic E-state index is -1.10. The Balaban J connectivity index is 2.40. The first-order valence-electron chi connectivity index (χ1n) is 6.47. The summed E-state index contributed by atoms with van der Waals surface area (Å²) in [5.41, 5.74) is 7.31. The van der Waals surface area contributed by atoms with E-state index in [1.54, 1.807) is 25.2 Å². The molecule has 6 heteroatoms. The number of primary amides is 1. The summed E-state index contributed by atoms with van der Waals surface area (Å²) in [5.74, 6) is -0.758. The molecular formula is C14H19N3O3. The van der Waals surface area contributed by atoms with Gasteiger partial charge in [0.15, 0.2) is 6.10 Å². The number of anilines is 2. The molecule has 0 aromatic heterocycles. The van der Waals surface area contributed by atoms with Crippen molar-refractivity contribution in [3.63, 3.8) is 0 Å². The Kier molecular flexibility index (Phi) is 3.67. The Morgan fingerprint density at radius 1 is 1.50 bits per heavy atom. The number of hydrogen-bond donors (Lipinski definition) is 2. The van der Waals surface area contributed by atoms with Crippen LogP contribution in [0.25, 0.3) is 0 Å². The van der Waals surface area contributed by atoms with Crippen LogP contribution in [0.1, 0.15) is 25.5 Å². The Hall–Kier alpha value is -2.08. The number of hydrogen-bond acceptors (Lipinski definition) is 4. The van der Waals surface area contributed by atoms with Crippen LogP contribution in [-0.4, -0.2) is 36.6 Å². The minimum Gasteiger partial charge on any atom is -0.378 e. The predicted molar refractivity (Wildman–Crippen MR) is 76.5 cm³/mol. The van der Waals surface area contributed by atoms with Crippen molar-refractivity contribution >= 4 is 23.2 Å². The molecule has 1 heterocycles. The number of amides is 2. The Labute approximate surface area is 117 Å². The van der Waals surface area contributed by atoms with E-state index in [9.17, 15) is 14.7 Å². The summed E-state index contributed by atoms with van der Waals surface area (Å²) < 4.78 is 0. The summed E-state index contributed by atoms with van der Waals surface area (Å²) in [7, 11) is 1.62. The lowest BCUT2D eigenvalue weighted by Crippen LogP contribution is -2.38. The first kappa shape index (κ1) is 14.3. The first-order valence-corrected chi connectivity index (χ1v) is 6.47. The molecule has 1 aliphatic rings. The highest BCUT2D eigenvalue weighted by Gasteiger charge is 2.34. The number of nitrogens with two attached hydrogens (primary N) is 1. The zero-order valence-electron chi connectivity index (χ0n) is 11.8. The molecule has 0 fully saturated rings. The molecule has 1 aromatic carbocycles. The number of carbonyl (C=O) groups is 2. The third-order valence-electron chi connectivity index (χ3n) is 3.52. The summed E-state index contributed by atoms with van der Waals surface area (Å²) in [6, 6.07) is 5.39. The molecule has 6 nitrogen and oxygen atoms in total. The minimum absolute atomic E-state index is 0.0906. The van der Waals surface area contributed by atoms with E-state index in [1.807, 2.05) is 18.7 Å². The molecule has 1 aliphatic heterocycles. The van der Waals surface area contributed by atoms with Gasteiger partial charge in [0.2, 0.25) is 5.91 Å². The SMILES string of the molecule is CC(C)N(CC(N)=O)c1ccc2c(c1)N(C)C(=O)C2O. The molecule has 20 heavy (non-hydrogen) atoms. The number of benzene rings is 1. The summed E-state index contributed by atoms with van der Waals surface area (Å²) in [6.45, 7) is 4.02. The van der Waals surface area contributed by atoms with Crippen LogP contribution in [0.3, 0.4) is 0 Å². The van der Waals surface area contributed by atoms with Crippen LogP contribution >= 0.6 is 0 Å². The average molecular weight is 277 g/mol. The van der Waals surface area contributed by atoms with Crippen molar-refractivity contribution in [1.82, 2.24) is 0 Å². The normalized spacial score (nSPS) is 17.6. The van der Waals surface area contributed by atoms with E-state index in [1.165, 1.54) is 4.90 Å². The third kappa shape index (κ3) is 2.34. The van der Waals surface area contributed by atoms with Gasteiger partial charge in [0.1, 0.15) is 0 Å². The molecule has 2 amide bonds. The fourth-order valence-electron chi connectivity index (χ4n) is 2.41. The molecule has 0 aliphatic carbocycles. The smallest absolute Gasteiger partial charge is 0.260 e. The van der Waals surface area contributed by atoms with Gasteiger partial charge in [-0.15, -0.1) is 0 Å². The van der Waals surface area contributed by atoms with Crippen molar-refractivity contribution in [2.45, 2.75) is 26.0 Å². The quantitative estimate of drug-likeness (QED) is 0.834. The van der Waals surface area contributed by atoms with Crippen molar-refractivity contribution in [2.75, 3.05) is 23.4 Å². The van der Waals surface area contributed by atoms with Gasteiger partial charge >= 0.3 is 0 Å². The van der Waals surface area contributed by atoms with Gasteiger partial charge in [0.25, 0.3) is 5.91 Å².